The number of aliphatic hydroxyl groups excluding tert-OH is 1. The van der Waals surface area contributed by atoms with E-state index in [0.717, 1.165) is 0 Å². The van der Waals surface area contributed by atoms with Crippen LogP contribution in [0.15, 0.2) is 24.3 Å². The fourth-order valence-corrected chi connectivity index (χ4v) is 1.54. The van der Waals surface area contributed by atoms with E-state index in [-0.39, 0.29) is 5.91 Å². The van der Waals surface area contributed by atoms with Gasteiger partial charge in [0, 0.05) is 13.6 Å². The first-order valence-corrected chi connectivity index (χ1v) is 5.58. The van der Waals surface area contributed by atoms with Gasteiger partial charge in [0.05, 0.1) is 16.7 Å². The van der Waals surface area contributed by atoms with Gasteiger partial charge in [-0.15, -0.1) is 0 Å². The topological polar surface area (TPSA) is 40.5 Å². The Hall–Kier alpha value is -1.06. The van der Waals surface area contributed by atoms with E-state index in [9.17, 15) is 4.79 Å². The number of benzene rings is 1. The molecule has 0 spiro atoms. The first kappa shape index (κ1) is 13.0. The molecule has 0 aliphatic heterocycles. The Morgan fingerprint density at radius 1 is 1.50 bits per heavy atom. The molecule has 0 fully saturated rings. The maximum atomic E-state index is 11.9. The molecule has 1 rings (SSSR count). The van der Waals surface area contributed by atoms with Crippen molar-refractivity contribution in [2.24, 2.45) is 0 Å². The molecule has 16 heavy (non-hydrogen) atoms. The first-order chi connectivity index (χ1) is 7.52. The smallest absolute Gasteiger partial charge is 0.255 e. The molecule has 0 aliphatic rings. The van der Waals surface area contributed by atoms with Crippen LogP contribution in [-0.2, 0) is 0 Å². The number of hydrogen-bond acceptors (Lipinski definition) is 2. The predicted octanol–water partition coefficient (Wildman–Crippen LogP) is 2.18. The molecule has 0 aromatic heterocycles. The summed E-state index contributed by atoms with van der Waals surface area (Å²) < 4.78 is 0. The summed E-state index contributed by atoms with van der Waals surface area (Å²) in [5.74, 6) is -0.119. The summed E-state index contributed by atoms with van der Waals surface area (Å²) in [6, 6.07) is 6.96. The van der Waals surface area contributed by atoms with Gasteiger partial charge in [0.15, 0.2) is 0 Å². The molecule has 3 nitrogen and oxygen atoms in total. The van der Waals surface area contributed by atoms with E-state index in [2.05, 4.69) is 0 Å². The average Bonchev–Trinajstić information content (AvgIpc) is 2.25. The van der Waals surface area contributed by atoms with Gasteiger partial charge in [-0.05, 0) is 25.5 Å². The highest BCUT2D eigenvalue weighted by atomic mass is 35.5. The van der Waals surface area contributed by atoms with Crippen LogP contribution in [-0.4, -0.2) is 35.6 Å². The number of aliphatic hydroxyl groups is 1. The number of nitrogens with zero attached hydrogens (tertiary/aromatic N) is 1. The quantitative estimate of drug-likeness (QED) is 0.878. The van der Waals surface area contributed by atoms with Gasteiger partial charge in [0.2, 0.25) is 0 Å². The third-order valence-electron chi connectivity index (χ3n) is 2.33. The van der Waals surface area contributed by atoms with Crippen molar-refractivity contribution in [3.8, 4) is 0 Å². The molecule has 0 bridgehead atoms. The van der Waals surface area contributed by atoms with Gasteiger partial charge >= 0.3 is 0 Å². The van der Waals surface area contributed by atoms with Crippen molar-refractivity contribution < 1.29 is 9.90 Å². The number of amides is 1. The molecule has 1 atom stereocenters. The Bertz CT molecular complexity index is 366. The summed E-state index contributed by atoms with van der Waals surface area (Å²) in [4.78, 5) is 13.5. The van der Waals surface area contributed by atoms with Crippen molar-refractivity contribution in [2.75, 3.05) is 13.6 Å². The molecule has 0 saturated heterocycles. The molecule has 4 heteroatoms. The van der Waals surface area contributed by atoms with Crippen molar-refractivity contribution in [2.45, 2.75) is 19.4 Å². The Morgan fingerprint density at radius 2 is 2.12 bits per heavy atom. The molecule has 88 valence electrons. The van der Waals surface area contributed by atoms with E-state index in [4.69, 9.17) is 16.7 Å². The van der Waals surface area contributed by atoms with Crippen LogP contribution in [0, 0.1) is 0 Å². The minimum atomic E-state index is -0.401. The number of rotatable bonds is 4. The SMILES string of the molecule is CC(O)CCN(C)C(=O)c1ccccc1Cl. The van der Waals surface area contributed by atoms with Crippen molar-refractivity contribution in [1.29, 1.82) is 0 Å². The summed E-state index contributed by atoms with van der Waals surface area (Å²) in [5.41, 5.74) is 0.497. The zero-order chi connectivity index (χ0) is 12.1. The van der Waals surface area contributed by atoms with Crippen molar-refractivity contribution in [3.63, 3.8) is 0 Å². The first-order valence-electron chi connectivity index (χ1n) is 5.20. The summed E-state index contributed by atoms with van der Waals surface area (Å²) in [7, 11) is 1.70. The van der Waals surface area contributed by atoms with Crippen molar-refractivity contribution in [1.82, 2.24) is 4.90 Å². The predicted molar refractivity (Wildman–Crippen MR) is 64.7 cm³/mol. The zero-order valence-corrected chi connectivity index (χ0v) is 10.2. The minimum absolute atomic E-state index is 0.119. The number of hydrogen-bond donors (Lipinski definition) is 1. The fourth-order valence-electron chi connectivity index (χ4n) is 1.32. The highest BCUT2D eigenvalue weighted by molar-refractivity contribution is 6.33. The molecule has 0 heterocycles. The molecule has 0 saturated carbocycles. The van der Waals surface area contributed by atoms with E-state index in [1.165, 1.54) is 0 Å². The van der Waals surface area contributed by atoms with E-state index in [1.807, 2.05) is 0 Å². The molecule has 1 aromatic carbocycles. The standard InChI is InChI=1S/C12H16ClNO2/c1-9(15)7-8-14(2)12(16)10-5-3-4-6-11(10)13/h3-6,9,15H,7-8H2,1-2H3. The van der Waals surface area contributed by atoms with Crippen LogP contribution in [0.25, 0.3) is 0 Å². The molecular formula is C12H16ClNO2. The van der Waals surface area contributed by atoms with E-state index in [0.29, 0.717) is 23.6 Å². The molecule has 1 aromatic rings. The number of carbonyl (C=O) groups excluding carboxylic acids is 1. The lowest BCUT2D eigenvalue weighted by atomic mass is 10.2. The molecule has 0 radical (unpaired) electrons. The largest absolute Gasteiger partial charge is 0.393 e. The van der Waals surface area contributed by atoms with Crippen LogP contribution in [0.5, 0.6) is 0 Å². The Balaban J connectivity index is 2.67. The monoisotopic (exact) mass is 241 g/mol. The van der Waals surface area contributed by atoms with Crippen LogP contribution in [0.3, 0.4) is 0 Å². The summed E-state index contributed by atoms with van der Waals surface area (Å²) in [6.07, 6.45) is 0.161. The van der Waals surface area contributed by atoms with Crippen LogP contribution >= 0.6 is 11.6 Å². The summed E-state index contributed by atoms with van der Waals surface area (Å²) >= 11 is 5.93. The Labute approximate surface area is 101 Å². The van der Waals surface area contributed by atoms with Crippen molar-refractivity contribution in [3.05, 3.63) is 34.9 Å². The average molecular weight is 242 g/mol. The maximum absolute atomic E-state index is 11.9. The van der Waals surface area contributed by atoms with Crippen LogP contribution in [0.4, 0.5) is 0 Å². The maximum Gasteiger partial charge on any atom is 0.255 e. The normalized spacial score (nSPS) is 12.2. The van der Waals surface area contributed by atoms with E-state index < -0.39 is 6.10 Å². The number of halogens is 1. The Morgan fingerprint density at radius 3 is 2.69 bits per heavy atom. The second-order valence-corrected chi connectivity index (χ2v) is 4.25. The Kier molecular flexibility index (Phi) is 4.77. The lowest BCUT2D eigenvalue weighted by Crippen LogP contribution is -2.29. The van der Waals surface area contributed by atoms with E-state index in [1.54, 1.807) is 43.1 Å². The van der Waals surface area contributed by atoms with Gasteiger partial charge in [-0.2, -0.15) is 0 Å². The van der Waals surface area contributed by atoms with Gasteiger partial charge in [0.25, 0.3) is 5.91 Å². The van der Waals surface area contributed by atoms with Crippen LogP contribution in [0.2, 0.25) is 5.02 Å². The highest BCUT2D eigenvalue weighted by Crippen LogP contribution is 2.16. The third kappa shape index (κ3) is 3.51. The second kappa shape index (κ2) is 5.87. The van der Waals surface area contributed by atoms with Gasteiger partial charge in [-0.3, -0.25) is 4.79 Å². The van der Waals surface area contributed by atoms with Gasteiger partial charge in [0.1, 0.15) is 0 Å². The molecular weight excluding hydrogens is 226 g/mol. The van der Waals surface area contributed by atoms with Gasteiger partial charge < -0.3 is 10.0 Å². The van der Waals surface area contributed by atoms with Gasteiger partial charge in [-0.25, -0.2) is 0 Å². The number of carbonyl (C=O) groups is 1. The summed E-state index contributed by atoms with van der Waals surface area (Å²) in [6.45, 7) is 2.22. The highest BCUT2D eigenvalue weighted by Gasteiger charge is 2.14. The lowest BCUT2D eigenvalue weighted by Gasteiger charge is -2.18. The van der Waals surface area contributed by atoms with Crippen LogP contribution in [0.1, 0.15) is 23.7 Å². The van der Waals surface area contributed by atoms with Crippen LogP contribution < -0.4 is 0 Å². The lowest BCUT2D eigenvalue weighted by molar-refractivity contribution is 0.0769. The zero-order valence-electron chi connectivity index (χ0n) is 9.48. The third-order valence-corrected chi connectivity index (χ3v) is 2.66. The molecule has 1 N–H and O–H groups in total. The second-order valence-electron chi connectivity index (χ2n) is 3.84. The molecule has 0 aliphatic carbocycles. The minimum Gasteiger partial charge on any atom is -0.393 e. The van der Waals surface area contributed by atoms with Gasteiger partial charge in [-0.1, -0.05) is 23.7 Å². The van der Waals surface area contributed by atoms with Crippen molar-refractivity contribution >= 4 is 17.5 Å². The fraction of sp³-hybridized carbons (Fsp3) is 0.417. The molecule has 1 unspecified atom stereocenters. The molecule has 1 amide bonds. The van der Waals surface area contributed by atoms with E-state index >= 15 is 0 Å². The summed E-state index contributed by atoms with van der Waals surface area (Å²) in [5, 5.41) is 9.60.